The van der Waals surface area contributed by atoms with Crippen LogP contribution in [-0.4, -0.2) is 20.6 Å². The maximum absolute atomic E-state index is 12.7. The normalized spacial score (nSPS) is 10.6. The molecule has 0 saturated carbocycles. The minimum absolute atomic E-state index is 0.0820. The number of carbonyl (C=O) groups excluding carboxylic acids is 1. The Morgan fingerprint density at radius 3 is 2.62 bits per heavy atom. The summed E-state index contributed by atoms with van der Waals surface area (Å²) in [5, 5.41) is 18.4. The van der Waals surface area contributed by atoms with E-state index in [0.717, 1.165) is 22.5 Å². The number of hydrogen-bond acceptors (Lipinski definition) is 5. The zero-order chi connectivity index (χ0) is 21.1. The third kappa shape index (κ3) is 4.43. The number of rotatable bonds is 6. The lowest BCUT2D eigenvalue weighted by molar-refractivity contribution is -0.386. The Labute approximate surface area is 168 Å². The first-order valence-corrected chi connectivity index (χ1v) is 9.04. The summed E-state index contributed by atoms with van der Waals surface area (Å²) in [6, 6.07) is 11.8. The number of nitro benzene ring substituents is 1. The molecule has 1 amide bonds. The highest BCUT2D eigenvalue weighted by Crippen LogP contribution is 2.28. The van der Waals surface area contributed by atoms with Gasteiger partial charge in [0.2, 0.25) is 0 Å². The molecule has 0 saturated heterocycles. The van der Waals surface area contributed by atoms with Gasteiger partial charge in [-0.15, -0.1) is 0 Å². The lowest BCUT2D eigenvalue weighted by Crippen LogP contribution is -2.13. The average molecular weight is 394 g/mol. The van der Waals surface area contributed by atoms with Crippen molar-refractivity contribution in [2.45, 2.75) is 27.4 Å². The van der Waals surface area contributed by atoms with Gasteiger partial charge in [0.25, 0.3) is 5.91 Å². The molecule has 29 heavy (non-hydrogen) atoms. The van der Waals surface area contributed by atoms with Gasteiger partial charge in [-0.05, 0) is 50.1 Å². The fourth-order valence-corrected chi connectivity index (χ4v) is 3.00. The van der Waals surface area contributed by atoms with Gasteiger partial charge in [0, 0.05) is 18.7 Å². The molecular formula is C21H22N4O4. The van der Waals surface area contributed by atoms with Crippen LogP contribution in [0.15, 0.2) is 42.5 Å². The smallest absolute Gasteiger partial charge is 0.311 e. The van der Waals surface area contributed by atoms with E-state index in [9.17, 15) is 14.9 Å². The van der Waals surface area contributed by atoms with Gasteiger partial charge in [0.1, 0.15) is 6.61 Å². The topological polar surface area (TPSA) is 99.3 Å². The molecule has 3 aromatic rings. The minimum Gasteiger partial charge on any atom is -0.482 e. The molecule has 8 heteroatoms. The van der Waals surface area contributed by atoms with E-state index in [1.54, 1.807) is 48.0 Å². The van der Waals surface area contributed by atoms with Crippen LogP contribution in [0.1, 0.15) is 32.9 Å². The van der Waals surface area contributed by atoms with E-state index in [0.29, 0.717) is 11.3 Å². The molecular weight excluding hydrogens is 372 g/mol. The van der Waals surface area contributed by atoms with Crippen LogP contribution in [0.25, 0.3) is 0 Å². The first-order valence-electron chi connectivity index (χ1n) is 9.04. The quantitative estimate of drug-likeness (QED) is 0.501. The first kappa shape index (κ1) is 20.1. The fraction of sp³-hybridized carbons (Fsp3) is 0.238. The Hall–Kier alpha value is -3.68. The number of ether oxygens (including phenoxy) is 1. The Morgan fingerprint density at radius 2 is 1.97 bits per heavy atom. The van der Waals surface area contributed by atoms with E-state index in [4.69, 9.17) is 4.74 Å². The number of aryl methyl sites for hydroxylation is 3. The number of aromatic nitrogens is 2. The van der Waals surface area contributed by atoms with Crippen LogP contribution in [-0.2, 0) is 13.7 Å². The van der Waals surface area contributed by atoms with Crippen LogP contribution >= 0.6 is 0 Å². The molecule has 1 heterocycles. The highest BCUT2D eigenvalue weighted by atomic mass is 16.6. The third-order valence-electron chi connectivity index (χ3n) is 4.64. The summed E-state index contributed by atoms with van der Waals surface area (Å²) in [5.41, 5.74) is 4.19. The van der Waals surface area contributed by atoms with Gasteiger partial charge in [0.15, 0.2) is 5.75 Å². The van der Waals surface area contributed by atoms with Crippen molar-refractivity contribution in [3.8, 4) is 5.75 Å². The van der Waals surface area contributed by atoms with Crippen molar-refractivity contribution in [3.63, 3.8) is 0 Å². The van der Waals surface area contributed by atoms with Crippen molar-refractivity contribution < 1.29 is 14.5 Å². The monoisotopic (exact) mass is 394 g/mol. The summed E-state index contributed by atoms with van der Waals surface area (Å²) in [5.74, 6) is -0.0653. The van der Waals surface area contributed by atoms with Crippen molar-refractivity contribution in [3.05, 3.63) is 80.7 Å². The summed E-state index contributed by atoms with van der Waals surface area (Å²) >= 11 is 0. The second-order valence-electron chi connectivity index (χ2n) is 6.84. The highest BCUT2D eigenvalue weighted by Gasteiger charge is 2.16. The fourth-order valence-electron chi connectivity index (χ4n) is 3.00. The number of nitro groups is 1. The van der Waals surface area contributed by atoms with Crippen LogP contribution in [0.4, 0.5) is 11.4 Å². The molecule has 0 aliphatic heterocycles. The Kier molecular flexibility index (Phi) is 5.63. The lowest BCUT2D eigenvalue weighted by atomic mass is 10.1. The molecule has 0 aliphatic rings. The van der Waals surface area contributed by atoms with Crippen molar-refractivity contribution in [1.82, 2.24) is 9.78 Å². The van der Waals surface area contributed by atoms with Crippen molar-refractivity contribution in [2.24, 2.45) is 7.05 Å². The SMILES string of the molecule is Cc1ccc(OCc2cccc(C(=O)Nc3c(C)nn(C)c3C)c2)c([N+](=O)[O-])c1. The molecule has 3 rings (SSSR count). The molecule has 0 bridgehead atoms. The number of benzene rings is 2. The van der Waals surface area contributed by atoms with Gasteiger partial charge in [-0.3, -0.25) is 19.6 Å². The molecule has 0 atom stereocenters. The summed E-state index contributed by atoms with van der Waals surface area (Å²) in [6.07, 6.45) is 0. The summed E-state index contributed by atoms with van der Waals surface area (Å²) < 4.78 is 7.36. The van der Waals surface area contributed by atoms with Gasteiger partial charge < -0.3 is 10.1 Å². The van der Waals surface area contributed by atoms with Gasteiger partial charge >= 0.3 is 5.69 Å². The largest absolute Gasteiger partial charge is 0.482 e. The molecule has 2 aromatic carbocycles. The molecule has 0 spiro atoms. The van der Waals surface area contributed by atoms with Crippen molar-refractivity contribution >= 4 is 17.3 Å². The number of anilines is 1. The van der Waals surface area contributed by atoms with E-state index in [1.807, 2.05) is 20.9 Å². The summed E-state index contributed by atoms with van der Waals surface area (Å²) in [4.78, 5) is 23.4. The molecule has 150 valence electrons. The second kappa shape index (κ2) is 8.14. The van der Waals surface area contributed by atoms with E-state index in [1.165, 1.54) is 6.07 Å². The zero-order valence-corrected chi connectivity index (χ0v) is 16.7. The standard InChI is InChI=1S/C21H22N4O4/c1-13-8-9-19(18(10-13)25(27)28)29-12-16-6-5-7-17(11-16)21(26)22-20-14(2)23-24(4)15(20)3/h5-11H,12H2,1-4H3,(H,22,26). The molecule has 0 radical (unpaired) electrons. The highest BCUT2D eigenvalue weighted by molar-refractivity contribution is 6.05. The molecule has 0 fully saturated rings. The summed E-state index contributed by atoms with van der Waals surface area (Å²) in [7, 11) is 1.82. The lowest BCUT2D eigenvalue weighted by Gasteiger charge is -2.10. The van der Waals surface area contributed by atoms with E-state index >= 15 is 0 Å². The van der Waals surface area contributed by atoms with Crippen molar-refractivity contribution in [1.29, 1.82) is 0 Å². The average Bonchev–Trinajstić information content (AvgIpc) is 2.93. The molecule has 1 N–H and O–H groups in total. The predicted molar refractivity (Wildman–Crippen MR) is 109 cm³/mol. The van der Waals surface area contributed by atoms with Crippen LogP contribution in [0.5, 0.6) is 5.75 Å². The Morgan fingerprint density at radius 1 is 1.21 bits per heavy atom. The Balaban J connectivity index is 1.75. The third-order valence-corrected chi connectivity index (χ3v) is 4.64. The number of nitrogens with one attached hydrogen (secondary N) is 1. The predicted octanol–water partition coefficient (Wildman–Crippen LogP) is 4.08. The van der Waals surface area contributed by atoms with Gasteiger partial charge in [-0.25, -0.2) is 0 Å². The van der Waals surface area contributed by atoms with Crippen LogP contribution < -0.4 is 10.1 Å². The van der Waals surface area contributed by atoms with Gasteiger partial charge in [0.05, 0.1) is 22.0 Å². The number of amides is 1. The number of hydrogen-bond donors (Lipinski definition) is 1. The minimum atomic E-state index is -0.467. The van der Waals surface area contributed by atoms with E-state index in [2.05, 4.69) is 10.4 Å². The van der Waals surface area contributed by atoms with E-state index < -0.39 is 4.92 Å². The van der Waals surface area contributed by atoms with Crippen LogP contribution in [0.3, 0.4) is 0 Å². The zero-order valence-electron chi connectivity index (χ0n) is 16.7. The van der Waals surface area contributed by atoms with Crippen LogP contribution in [0, 0.1) is 30.9 Å². The van der Waals surface area contributed by atoms with Crippen LogP contribution in [0.2, 0.25) is 0 Å². The maximum atomic E-state index is 12.7. The Bertz CT molecular complexity index is 1090. The number of nitrogens with zero attached hydrogens (tertiary/aromatic N) is 3. The molecule has 0 aliphatic carbocycles. The van der Waals surface area contributed by atoms with Crippen molar-refractivity contribution in [2.75, 3.05) is 5.32 Å². The first-order chi connectivity index (χ1) is 13.8. The van der Waals surface area contributed by atoms with Gasteiger partial charge in [-0.2, -0.15) is 5.10 Å². The number of carbonyl (C=O) groups is 1. The van der Waals surface area contributed by atoms with E-state index in [-0.39, 0.29) is 24.0 Å². The molecule has 1 aromatic heterocycles. The molecule has 8 nitrogen and oxygen atoms in total. The van der Waals surface area contributed by atoms with Gasteiger partial charge in [-0.1, -0.05) is 18.2 Å². The maximum Gasteiger partial charge on any atom is 0.311 e. The molecule has 0 unspecified atom stereocenters. The second-order valence-corrected chi connectivity index (χ2v) is 6.84. The summed E-state index contributed by atoms with van der Waals surface area (Å²) in [6.45, 7) is 5.61.